The molecule has 7 nitrogen and oxygen atoms in total. The minimum Gasteiger partial charge on any atom is -0.457 e. The van der Waals surface area contributed by atoms with E-state index in [1.165, 1.54) is 23.9 Å². The Hall–Kier alpha value is -2.88. The number of carbonyl (C=O) groups is 3. The molecule has 0 N–H and O–H groups in total. The maximum absolute atomic E-state index is 12.6. The van der Waals surface area contributed by atoms with E-state index in [1.807, 2.05) is 6.92 Å². The summed E-state index contributed by atoms with van der Waals surface area (Å²) in [5, 5.41) is -0.0508. The molecule has 3 rings (SSSR count). The van der Waals surface area contributed by atoms with Gasteiger partial charge in [0.15, 0.2) is 6.61 Å². The summed E-state index contributed by atoms with van der Waals surface area (Å²) in [5.74, 6) is -0.137. The van der Waals surface area contributed by atoms with Gasteiger partial charge >= 0.3 is 12.6 Å². The van der Waals surface area contributed by atoms with Gasteiger partial charge in [-0.1, -0.05) is 11.8 Å². The average molecular weight is 452 g/mol. The Morgan fingerprint density at radius 3 is 2.52 bits per heavy atom. The molecule has 1 amide bonds. The van der Waals surface area contributed by atoms with Crippen molar-refractivity contribution in [2.75, 3.05) is 25.4 Å². The third-order valence-corrected chi connectivity index (χ3v) is 5.74. The summed E-state index contributed by atoms with van der Waals surface area (Å²) in [6.07, 6.45) is 0.0334. The van der Waals surface area contributed by atoms with Gasteiger partial charge in [0, 0.05) is 41.5 Å². The fourth-order valence-electron chi connectivity index (χ4n) is 3.37. The van der Waals surface area contributed by atoms with Gasteiger partial charge in [-0.2, -0.15) is 8.78 Å². The smallest absolute Gasteiger partial charge is 0.387 e. The van der Waals surface area contributed by atoms with Crippen LogP contribution in [0.2, 0.25) is 0 Å². The van der Waals surface area contributed by atoms with Gasteiger partial charge < -0.3 is 18.9 Å². The Balaban J connectivity index is 1.60. The van der Waals surface area contributed by atoms with Crippen LogP contribution >= 0.6 is 11.8 Å². The van der Waals surface area contributed by atoms with Crippen molar-refractivity contribution in [3.8, 4) is 11.4 Å². The number of aryl methyl sites for hydroxylation is 1. The van der Waals surface area contributed by atoms with Crippen LogP contribution in [0.3, 0.4) is 0 Å². The van der Waals surface area contributed by atoms with Crippen molar-refractivity contribution in [3.05, 3.63) is 47.3 Å². The van der Waals surface area contributed by atoms with Gasteiger partial charge in [0.25, 0.3) is 5.24 Å². The van der Waals surface area contributed by atoms with Gasteiger partial charge in [0.1, 0.15) is 5.75 Å². The first-order valence-electron chi connectivity index (χ1n) is 9.61. The summed E-state index contributed by atoms with van der Waals surface area (Å²) < 4.78 is 35.9. The second-order valence-corrected chi connectivity index (χ2v) is 7.97. The van der Waals surface area contributed by atoms with E-state index >= 15 is 0 Å². The number of nitrogens with zero attached hydrogens (tertiary/aromatic N) is 2. The predicted octanol–water partition coefficient (Wildman–Crippen LogP) is 3.98. The van der Waals surface area contributed by atoms with Crippen LogP contribution in [0, 0.1) is 13.8 Å². The molecule has 166 valence electrons. The van der Waals surface area contributed by atoms with Gasteiger partial charge in [-0.05, 0) is 44.2 Å². The molecule has 1 fully saturated rings. The number of hydrogen-bond donors (Lipinski definition) is 0. The summed E-state index contributed by atoms with van der Waals surface area (Å²) in [4.78, 5) is 37.6. The van der Waals surface area contributed by atoms with Crippen LogP contribution in [0.4, 0.5) is 13.6 Å². The lowest BCUT2D eigenvalue weighted by Crippen LogP contribution is -2.27. The molecule has 0 aliphatic carbocycles. The molecule has 0 radical (unpaired) electrons. The molecule has 0 unspecified atom stereocenters. The van der Waals surface area contributed by atoms with Crippen molar-refractivity contribution in [3.63, 3.8) is 0 Å². The number of hydrogen-bond acceptors (Lipinski definition) is 6. The van der Waals surface area contributed by atoms with Crippen LogP contribution in [0.25, 0.3) is 5.69 Å². The van der Waals surface area contributed by atoms with Crippen LogP contribution in [0.1, 0.15) is 28.2 Å². The van der Waals surface area contributed by atoms with Crippen LogP contribution in [-0.2, 0) is 9.53 Å². The number of thioether (sulfide) groups is 1. The predicted molar refractivity (Wildman–Crippen MR) is 111 cm³/mol. The molecular formula is C21H22F2N2O5S. The summed E-state index contributed by atoms with van der Waals surface area (Å²) in [6, 6.07) is 7.77. The molecule has 0 spiro atoms. The van der Waals surface area contributed by atoms with Crippen molar-refractivity contribution in [1.82, 2.24) is 9.47 Å². The number of alkyl halides is 2. The van der Waals surface area contributed by atoms with Crippen LogP contribution in [-0.4, -0.2) is 58.5 Å². The maximum atomic E-state index is 12.6. The standard InChI is InChI=1S/C21H22F2N2O5S/c1-13-11-17(14(2)25(13)15-3-5-16(6-4-15)30-20(22)23)18(26)12-29-19(27)7-8-24-9-10-31-21(24)28/h3-6,11,20H,7-10,12H2,1-2H3. The molecule has 10 heteroatoms. The van der Waals surface area contributed by atoms with Crippen molar-refractivity contribution in [1.29, 1.82) is 0 Å². The van der Waals surface area contributed by atoms with E-state index in [4.69, 9.17) is 4.74 Å². The number of esters is 1. The number of halogens is 2. The Labute approximate surface area is 182 Å². The molecule has 1 aromatic heterocycles. The van der Waals surface area contributed by atoms with E-state index in [0.717, 1.165) is 5.69 Å². The number of aromatic nitrogens is 1. The number of amides is 1. The molecule has 1 aliphatic rings. The molecule has 1 aromatic carbocycles. The summed E-state index contributed by atoms with van der Waals surface area (Å²) in [7, 11) is 0. The molecule has 31 heavy (non-hydrogen) atoms. The first kappa shape index (κ1) is 22.8. The zero-order valence-corrected chi connectivity index (χ0v) is 17.9. The van der Waals surface area contributed by atoms with Gasteiger partial charge in [-0.25, -0.2) is 0 Å². The van der Waals surface area contributed by atoms with Crippen molar-refractivity contribution < 1.29 is 32.6 Å². The normalized spacial score (nSPS) is 13.7. The lowest BCUT2D eigenvalue weighted by atomic mass is 10.1. The number of ketones is 1. The SMILES string of the molecule is Cc1cc(C(=O)COC(=O)CCN2CCSC2=O)c(C)n1-c1ccc(OC(F)F)cc1. The van der Waals surface area contributed by atoms with Gasteiger partial charge in [-0.15, -0.1) is 0 Å². The molecule has 1 saturated heterocycles. The molecule has 1 aliphatic heterocycles. The van der Waals surface area contributed by atoms with E-state index in [1.54, 1.807) is 34.6 Å². The fraction of sp³-hybridized carbons (Fsp3) is 0.381. The topological polar surface area (TPSA) is 77.8 Å². The Kier molecular flexibility index (Phi) is 7.32. The second-order valence-electron chi connectivity index (χ2n) is 6.93. The highest BCUT2D eigenvalue weighted by Gasteiger charge is 2.22. The summed E-state index contributed by atoms with van der Waals surface area (Å²) in [5.41, 5.74) is 2.49. The van der Waals surface area contributed by atoms with Gasteiger partial charge in [0.2, 0.25) is 5.78 Å². The molecule has 2 heterocycles. The quantitative estimate of drug-likeness (QED) is 0.423. The molecule has 0 saturated carbocycles. The minimum atomic E-state index is -2.90. The highest BCUT2D eigenvalue weighted by molar-refractivity contribution is 8.13. The van der Waals surface area contributed by atoms with Crippen LogP contribution in [0.15, 0.2) is 30.3 Å². The number of benzene rings is 1. The fourth-order valence-corrected chi connectivity index (χ4v) is 4.22. The monoisotopic (exact) mass is 452 g/mol. The molecule has 0 bridgehead atoms. The summed E-state index contributed by atoms with van der Waals surface area (Å²) in [6.45, 7) is 1.15. The second kappa shape index (κ2) is 9.95. The highest BCUT2D eigenvalue weighted by atomic mass is 32.2. The maximum Gasteiger partial charge on any atom is 0.387 e. The number of Topliss-reactive ketones (excluding diaryl/α,β-unsaturated/α-hetero) is 1. The van der Waals surface area contributed by atoms with Gasteiger partial charge in [-0.3, -0.25) is 14.4 Å². The summed E-state index contributed by atoms with van der Waals surface area (Å²) >= 11 is 1.22. The largest absolute Gasteiger partial charge is 0.457 e. The number of carbonyl (C=O) groups excluding carboxylic acids is 3. The lowest BCUT2D eigenvalue weighted by molar-refractivity contribution is -0.142. The third-order valence-electron chi connectivity index (χ3n) is 4.85. The van der Waals surface area contributed by atoms with E-state index in [-0.39, 0.29) is 29.7 Å². The number of ether oxygens (including phenoxy) is 2. The minimum absolute atomic E-state index is 0.0334. The van der Waals surface area contributed by atoms with Crippen LogP contribution in [0.5, 0.6) is 5.75 Å². The molecular weight excluding hydrogens is 430 g/mol. The molecule has 2 aromatic rings. The van der Waals surface area contributed by atoms with E-state index in [2.05, 4.69) is 4.74 Å². The van der Waals surface area contributed by atoms with E-state index in [9.17, 15) is 23.2 Å². The lowest BCUT2D eigenvalue weighted by Gasteiger charge is -2.13. The Morgan fingerprint density at radius 2 is 1.90 bits per heavy atom. The number of rotatable bonds is 9. The van der Waals surface area contributed by atoms with E-state index in [0.29, 0.717) is 29.2 Å². The van der Waals surface area contributed by atoms with Crippen molar-refractivity contribution in [2.45, 2.75) is 26.9 Å². The average Bonchev–Trinajstić information content (AvgIpc) is 3.27. The molecule has 0 atom stereocenters. The van der Waals surface area contributed by atoms with Crippen molar-refractivity contribution in [2.24, 2.45) is 0 Å². The highest BCUT2D eigenvalue weighted by Crippen LogP contribution is 2.24. The first-order chi connectivity index (χ1) is 14.8. The zero-order valence-electron chi connectivity index (χ0n) is 17.1. The Bertz CT molecular complexity index is 975. The first-order valence-corrected chi connectivity index (χ1v) is 10.6. The third kappa shape index (κ3) is 5.63. The van der Waals surface area contributed by atoms with Crippen LogP contribution < -0.4 is 4.74 Å². The Morgan fingerprint density at radius 1 is 1.19 bits per heavy atom. The van der Waals surface area contributed by atoms with E-state index < -0.39 is 19.2 Å². The zero-order chi connectivity index (χ0) is 22.5. The van der Waals surface area contributed by atoms with Crippen molar-refractivity contribution >= 4 is 28.8 Å². The van der Waals surface area contributed by atoms with Gasteiger partial charge in [0.05, 0.1) is 6.42 Å².